The number of hydrogen-bond donors (Lipinski definition) is 1. The van der Waals surface area contributed by atoms with E-state index in [1.54, 1.807) is 0 Å². The first kappa shape index (κ1) is 18.2. The molecule has 0 spiro atoms. The highest BCUT2D eigenvalue weighted by Gasteiger charge is 2.23. The molecule has 8 heteroatoms. The quantitative estimate of drug-likeness (QED) is 0.747. The maximum Gasteiger partial charge on any atom is 0.233 e. The lowest BCUT2D eigenvalue weighted by Gasteiger charge is -2.32. The van der Waals surface area contributed by atoms with Gasteiger partial charge >= 0.3 is 0 Å². The lowest BCUT2D eigenvalue weighted by Crippen LogP contribution is -2.46. The molecule has 134 valence electrons. The number of nitrogens with one attached hydrogen (secondary N) is 1. The molecule has 0 unspecified atom stereocenters. The summed E-state index contributed by atoms with van der Waals surface area (Å²) < 4.78 is 6.42. The average molecular weight is 379 g/mol. The van der Waals surface area contributed by atoms with Gasteiger partial charge in [0.15, 0.2) is 4.34 Å². The van der Waals surface area contributed by atoms with Gasteiger partial charge in [0.1, 0.15) is 0 Å². The van der Waals surface area contributed by atoms with Gasteiger partial charge in [0.05, 0.1) is 18.5 Å². The lowest BCUT2D eigenvalue weighted by molar-refractivity contribution is -0.135. The summed E-state index contributed by atoms with van der Waals surface area (Å²) in [6.45, 7) is 4.79. The monoisotopic (exact) mass is 378 g/mol. The molecule has 2 aromatic rings. The van der Waals surface area contributed by atoms with Crippen molar-refractivity contribution in [2.24, 2.45) is 0 Å². The molecule has 1 aromatic carbocycles. The number of carbonyl (C=O) groups excluding carboxylic acids is 1. The molecule has 1 N–H and O–H groups in total. The molecule has 1 aliphatic rings. The van der Waals surface area contributed by atoms with Gasteiger partial charge in [-0.15, -0.1) is 10.2 Å². The van der Waals surface area contributed by atoms with E-state index in [9.17, 15) is 4.79 Å². The molecule has 1 atom stereocenters. The van der Waals surface area contributed by atoms with E-state index in [0.29, 0.717) is 32.0 Å². The first-order valence-electron chi connectivity index (χ1n) is 8.38. The molecule has 6 nitrogen and oxygen atoms in total. The number of anilines is 1. The molecule has 2 heterocycles. The predicted octanol–water partition coefficient (Wildman–Crippen LogP) is 2.88. The van der Waals surface area contributed by atoms with Gasteiger partial charge in [-0.3, -0.25) is 4.79 Å². The second-order valence-electron chi connectivity index (χ2n) is 5.74. The normalized spacial score (nSPS) is 17.5. The predicted molar refractivity (Wildman–Crippen MR) is 101 cm³/mol. The topological polar surface area (TPSA) is 67.4 Å². The minimum absolute atomic E-state index is 0.140. The smallest absolute Gasteiger partial charge is 0.233 e. The summed E-state index contributed by atoms with van der Waals surface area (Å²) >= 11 is 2.93. The molecular formula is C17H22N4O2S2. The van der Waals surface area contributed by atoms with Crippen LogP contribution in [0.5, 0.6) is 0 Å². The van der Waals surface area contributed by atoms with Crippen LogP contribution in [-0.2, 0) is 16.1 Å². The Morgan fingerprint density at radius 3 is 3.04 bits per heavy atom. The summed E-state index contributed by atoms with van der Waals surface area (Å²) in [5.74, 6) is 0.532. The van der Waals surface area contributed by atoms with Crippen LogP contribution in [-0.4, -0.2) is 52.6 Å². The minimum atomic E-state index is 0.140. The molecular weight excluding hydrogens is 356 g/mol. The molecule has 3 rings (SSSR count). The molecule has 1 saturated heterocycles. The fourth-order valence-corrected chi connectivity index (χ4v) is 4.17. The van der Waals surface area contributed by atoms with Crippen molar-refractivity contribution in [3.63, 3.8) is 0 Å². The van der Waals surface area contributed by atoms with Crippen LogP contribution >= 0.6 is 23.1 Å². The van der Waals surface area contributed by atoms with Crippen LogP contribution in [0.15, 0.2) is 34.7 Å². The van der Waals surface area contributed by atoms with Gasteiger partial charge < -0.3 is 15.0 Å². The highest BCUT2D eigenvalue weighted by Crippen LogP contribution is 2.26. The van der Waals surface area contributed by atoms with Crippen LogP contribution in [0.25, 0.3) is 0 Å². The van der Waals surface area contributed by atoms with Gasteiger partial charge in [0.25, 0.3) is 0 Å². The van der Waals surface area contributed by atoms with Crippen molar-refractivity contribution in [3.05, 3.63) is 35.9 Å². The fourth-order valence-electron chi connectivity index (χ4n) is 2.52. The summed E-state index contributed by atoms with van der Waals surface area (Å²) in [5.41, 5.74) is 1.19. The van der Waals surface area contributed by atoms with Gasteiger partial charge in [0, 0.05) is 19.6 Å². The third kappa shape index (κ3) is 5.42. The highest BCUT2D eigenvalue weighted by molar-refractivity contribution is 8.01. The summed E-state index contributed by atoms with van der Waals surface area (Å²) in [6.07, 6.45) is 1.10. The van der Waals surface area contributed by atoms with Gasteiger partial charge in [0.2, 0.25) is 11.0 Å². The Hall–Kier alpha value is -1.64. The van der Waals surface area contributed by atoms with E-state index in [-0.39, 0.29) is 12.0 Å². The van der Waals surface area contributed by atoms with Crippen molar-refractivity contribution in [2.75, 3.05) is 30.8 Å². The zero-order chi connectivity index (χ0) is 17.5. The minimum Gasteiger partial charge on any atom is -0.375 e. The van der Waals surface area contributed by atoms with Gasteiger partial charge in [-0.25, -0.2) is 0 Å². The molecule has 0 aliphatic carbocycles. The molecule has 1 amide bonds. The van der Waals surface area contributed by atoms with Gasteiger partial charge in [-0.05, 0) is 12.0 Å². The van der Waals surface area contributed by atoms with E-state index in [1.165, 1.54) is 28.7 Å². The van der Waals surface area contributed by atoms with E-state index in [0.717, 1.165) is 15.9 Å². The molecule has 0 radical (unpaired) electrons. The number of nitrogens with zero attached hydrogens (tertiary/aromatic N) is 3. The zero-order valence-electron chi connectivity index (χ0n) is 14.2. The number of carbonyl (C=O) groups is 1. The maximum atomic E-state index is 12.3. The Bertz CT molecular complexity index is 680. The highest BCUT2D eigenvalue weighted by atomic mass is 32.2. The van der Waals surface area contributed by atoms with E-state index in [1.807, 2.05) is 23.1 Å². The summed E-state index contributed by atoms with van der Waals surface area (Å²) in [7, 11) is 0. The second kappa shape index (κ2) is 9.17. The van der Waals surface area contributed by atoms with Crippen molar-refractivity contribution in [3.8, 4) is 0 Å². The first-order valence-corrected chi connectivity index (χ1v) is 10.2. The number of thioether (sulfide) groups is 1. The van der Waals surface area contributed by atoms with Crippen molar-refractivity contribution in [2.45, 2.75) is 30.3 Å². The fraction of sp³-hybridized carbons (Fsp3) is 0.471. The number of aromatic nitrogens is 2. The van der Waals surface area contributed by atoms with Gasteiger partial charge in [-0.1, -0.05) is 60.4 Å². The van der Waals surface area contributed by atoms with E-state index in [4.69, 9.17) is 4.74 Å². The van der Waals surface area contributed by atoms with E-state index in [2.05, 4.69) is 34.6 Å². The average Bonchev–Trinajstić information content (AvgIpc) is 3.13. The van der Waals surface area contributed by atoms with Crippen LogP contribution in [0.4, 0.5) is 5.13 Å². The standard InChI is InChI=1S/C17H22N4O2S2/c1-2-14-11-21(8-9-23-14)15(22)12-24-17-20-19-16(25-17)18-10-13-6-4-3-5-7-13/h3-7,14H,2,8-12H2,1H3,(H,18,19)/t14-/m0/s1. The molecule has 25 heavy (non-hydrogen) atoms. The molecule has 0 saturated carbocycles. The molecule has 0 bridgehead atoms. The molecule has 1 aliphatic heterocycles. The zero-order valence-corrected chi connectivity index (χ0v) is 15.8. The summed E-state index contributed by atoms with van der Waals surface area (Å²) in [6, 6.07) is 10.2. The first-order chi connectivity index (χ1) is 12.2. The van der Waals surface area contributed by atoms with Gasteiger partial charge in [-0.2, -0.15) is 0 Å². The number of amides is 1. The summed E-state index contributed by atoms with van der Waals surface area (Å²) in [5, 5.41) is 12.3. The number of hydrogen-bond acceptors (Lipinski definition) is 7. The number of morpholine rings is 1. The maximum absolute atomic E-state index is 12.3. The van der Waals surface area contributed by atoms with Crippen molar-refractivity contribution in [1.82, 2.24) is 15.1 Å². The van der Waals surface area contributed by atoms with Crippen molar-refractivity contribution < 1.29 is 9.53 Å². The van der Waals surface area contributed by atoms with E-state index < -0.39 is 0 Å². The Kier molecular flexibility index (Phi) is 6.66. The van der Waals surface area contributed by atoms with Crippen molar-refractivity contribution >= 4 is 34.1 Å². The molecule has 1 aromatic heterocycles. The number of rotatable bonds is 7. The van der Waals surface area contributed by atoms with Crippen LogP contribution < -0.4 is 5.32 Å². The van der Waals surface area contributed by atoms with Crippen molar-refractivity contribution in [1.29, 1.82) is 0 Å². The van der Waals surface area contributed by atoms with Crippen LogP contribution in [0, 0.1) is 0 Å². The Morgan fingerprint density at radius 1 is 1.40 bits per heavy atom. The Balaban J connectivity index is 1.44. The largest absolute Gasteiger partial charge is 0.375 e. The Morgan fingerprint density at radius 2 is 2.24 bits per heavy atom. The Labute approximate surface area is 156 Å². The summed E-state index contributed by atoms with van der Waals surface area (Å²) in [4.78, 5) is 14.2. The third-order valence-electron chi connectivity index (χ3n) is 3.96. The van der Waals surface area contributed by atoms with Crippen LogP contribution in [0.1, 0.15) is 18.9 Å². The molecule has 1 fully saturated rings. The number of benzene rings is 1. The lowest BCUT2D eigenvalue weighted by atomic mass is 10.2. The van der Waals surface area contributed by atoms with Crippen LogP contribution in [0.2, 0.25) is 0 Å². The van der Waals surface area contributed by atoms with Crippen LogP contribution in [0.3, 0.4) is 0 Å². The number of ether oxygens (including phenoxy) is 1. The SMILES string of the molecule is CC[C@H]1CN(C(=O)CSc2nnc(NCc3ccccc3)s2)CCO1. The van der Waals surface area contributed by atoms with E-state index >= 15 is 0 Å². The second-order valence-corrected chi connectivity index (χ2v) is 7.94. The third-order valence-corrected chi connectivity index (χ3v) is 5.96.